The summed E-state index contributed by atoms with van der Waals surface area (Å²) >= 11 is 1.74. The lowest BCUT2D eigenvalue weighted by Crippen LogP contribution is -2.23. The van der Waals surface area contributed by atoms with Gasteiger partial charge in [0.2, 0.25) is 0 Å². The van der Waals surface area contributed by atoms with Gasteiger partial charge in [0, 0.05) is 15.9 Å². The van der Waals surface area contributed by atoms with E-state index in [1.807, 2.05) is 0 Å². The predicted octanol–water partition coefficient (Wildman–Crippen LogP) is 1.24. The van der Waals surface area contributed by atoms with Crippen LogP contribution in [0.5, 0.6) is 0 Å². The molecule has 1 atom stereocenters. The van der Waals surface area contributed by atoms with Gasteiger partial charge in [-0.1, -0.05) is 0 Å². The zero-order valence-electron chi connectivity index (χ0n) is 4.15. The first-order chi connectivity index (χ1) is 3.95. The van der Waals surface area contributed by atoms with Gasteiger partial charge in [0.1, 0.15) is 6.67 Å². The second-order valence-electron chi connectivity index (χ2n) is 1.17. The van der Waals surface area contributed by atoms with Crippen LogP contribution in [0.2, 0.25) is 0 Å². The van der Waals surface area contributed by atoms with Crippen LogP contribution >= 0.6 is 15.9 Å². The minimum atomic E-state index is -3.65. The molecule has 0 amide bonds. The topological polar surface area (TPSA) is 29.5 Å². The average Bonchev–Trinajstić information content (AvgIpc) is 1.62. The highest BCUT2D eigenvalue weighted by atomic mass is 79.9. The van der Waals surface area contributed by atoms with Gasteiger partial charge in [0.15, 0.2) is 6.29 Å². The number of ether oxygens (including phenoxy) is 1. The number of hydrogen-bond acceptors (Lipinski definition) is 2. The minimum absolute atomic E-state index is 1.36. The molecule has 0 aliphatic heterocycles. The summed E-state index contributed by atoms with van der Waals surface area (Å²) in [7, 11) is 0. The summed E-state index contributed by atoms with van der Waals surface area (Å²) in [6.45, 7) is -1.36. The van der Waals surface area contributed by atoms with Gasteiger partial charge < -0.3 is 5.11 Å². The van der Waals surface area contributed by atoms with Crippen molar-refractivity contribution in [1.82, 2.24) is 0 Å². The summed E-state index contributed by atoms with van der Waals surface area (Å²) in [6, 6.07) is 0. The molecule has 0 aromatic rings. The van der Waals surface area contributed by atoms with Crippen LogP contribution in [-0.4, -0.2) is 23.1 Å². The lowest BCUT2D eigenvalue weighted by atomic mass is 10.7. The van der Waals surface area contributed by atoms with E-state index in [2.05, 4.69) is 4.74 Å². The average molecular weight is 209 g/mol. The molecule has 0 radical (unpaired) electrons. The van der Waals surface area contributed by atoms with Gasteiger partial charge in [0.25, 0.3) is 0 Å². The number of alkyl halides is 4. The Bertz CT molecular complexity index is 83.6. The van der Waals surface area contributed by atoms with Crippen molar-refractivity contribution in [1.29, 1.82) is 0 Å². The fraction of sp³-hybridized carbons (Fsp3) is 1.00. The van der Waals surface area contributed by atoms with E-state index in [1.54, 1.807) is 15.9 Å². The van der Waals surface area contributed by atoms with Gasteiger partial charge in [0.05, 0.1) is 0 Å². The molecular weight excluding hydrogens is 205 g/mol. The van der Waals surface area contributed by atoms with E-state index < -0.39 is 18.0 Å². The summed E-state index contributed by atoms with van der Waals surface area (Å²) in [5, 5.41) is 4.43. The maximum Gasteiger partial charge on any atom is 0.416 e. The molecule has 0 aliphatic rings. The molecule has 0 bridgehead atoms. The Kier molecular flexibility index (Phi) is 3.45. The van der Waals surface area contributed by atoms with Crippen LogP contribution < -0.4 is 0 Å². The van der Waals surface area contributed by atoms with E-state index in [1.165, 1.54) is 0 Å². The third kappa shape index (κ3) is 6.07. The first-order valence-electron chi connectivity index (χ1n) is 1.94. The highest BCUT2D eigenvalue weighted by molar-refractivity contribution is 9.09. The molecule has 6 heteroatoms. The molecule has 0 spiro atoms. The van der Waals surface area contributed by atoms with Crippen LogP contribution in [0.1, 0.15) is 0 Å². The molecule has 2 nitrogen and oxygen atoms in total. The smallest absolute Gasteiger partial charge is 0.366 e. The van der Waals surface area contributed by atoms with Crippen molar-refractivity contribution in [2.24, 2.45) is 0 Å². The number of aliphatic hydroxyl groups excluding tert-OH is 1. The van der Waals surface area contributed by atoms with Gasteiger partial charge in [-0.25, -0.2) is 4.39 Å². The van der Waals surface area contributed by atoms with Crippen LogP contribution in [-0.2, 0) is 4.74 Å². The van der Waals surface area contributed by atoms with E-state index in [-0.39, 0.29) is 0 Å². The van der Waals surface area contributed by atoms with Crippen LogP contribution in [0.15, 0.2) is 0 Å². The molecule has 0 rings (SSSR count). The van der Waals surface area contributed by atoms with Crippen LogP contribution in [0.25, 0.3) is 0 Å². The lowest BCUT2D eigenvalue weighted by Gasteiger charge is -2.11. The van der Waals surface area contributed by atoms with Crippen molar-refractivity contribution in [2.45, 2.75) is 11.3 Å². The Morgan fingerprint density at radius 1 is 1.67 bits per heavy atom. The van der Waals surface area contributed by atoms with E-state index in [9.17, 15) is 13.2 Å². The van der Waals surface area contributed by atoms with Crippen molar-refractivity contribution in [3.05, 3.63) is 0 Å². The molecule has 0 fully saturated rings. The Morgan fingerprint density at radius 2 is 2.11 bits per heavy atom. The Balaban J connectivity index is 3.47. The Morgan fingerprint density at radius 3 is 2.22 bits per heavy atom. The predicted molar refractivity (Wildman–Crippen MR) is 26.9 cm³/mol. The maximum atomic E-state index is 11.5. The maximum absolute atomic E-state index is 11.5. The number of hydrogen-bond donors (Lipinski definition) is 1. The summed E-state index contributed by atoms with van der Waals surface area (Å²) in [6.07, 6.45) is -2.07. The van der Waals surface area contributed by atoms with Gasteiger partial charge in [-0.05, 0) is 0 Å². The lowest BCUT2D eigenvalue weighted by molar-refractivity contribution is -0.249. The minimum Gasteiger partial charge on any atom is -0.366 e. The molecule has 1 unspecified atom stereocenters. The molecule has 0 aromatic heterocycles. The van der Waals surface area contributed by atoms with E-state index in [0.29, 0.717) is 0 Å². The van der Waals surface area contributed by atoms with Gasteiger partial charge in [-0.3, -0.25) is 4.74 Å². The summed E-state index contributed by atoms with van der Waals surface area (Å²) in [5.41, 5.74) is 0. The van der Waals surface area contributed by atoms with Crippen molar-refractivity contribution < 1.29 is 23.0 Å². The van der Waals surface area contributed by atoms with Crippen molar-refractivity contribution in [3.63, 3.8) is 0 Å². The quantitative estimate of drug-likeness (QED) is 0.559. The fourth-order valence-electron chi connectivity index (χ4n) is 0.186. The van der Waals surface area contributed by atoms with E-state index in [0.717, 1.165) is 0 Å². The highest BCUT2D eigenvalue weighted by Gasteiger charge is 2.28. The molecule has 1 N–H and O–H groups in total. The molecule has 0 saturated carbocycles. The van der Waals surface area contributed by atoms with Gasteiger partial charge >= 0.3 is 5.02 Å². The summed E-state index contributed by atoms with van der Waals surface area (Å²) in [4.78, 5) is 0. The van der Waals surface area contributed by atoms with Crippen molar-refractivity contribution >= 4 is 15.9 Å². The second kappa shape index (κ2) is 3.38. The molecule has 0 heterocycles. The SMILES string of the molecule is OC(CF)OC(F)(F)Br. The third-order valence-corrected chi connectivity index (χ3v) is 0.589. The standard InChI is InChI=1S/C3H4BrF3O2/c4-3(6,7)9-2(8)1-5/h2,8H,1H2. The Hall–Kier alpha value is 0.190. The first kappa shape index (κ1) is 9.19. The zero-order chi connectivity index (χ0) is 7.49. The van der Waals surface area contributed by atoms with Gasteiger partial charge in [-0.15, -0.1) is 0 Å². The normalized spacial score (nSPS) is 15.7. The van der Waals surface area contributed by atoms with Crippen LogP contribution in [0.3, 0.4) is 0 Å². The fourth-order valence-corrected chi connectivity index (χ4v) is 0.402. The second-order valence-corrected chi connectivity index (χ2v) is 2.10. The largest absolute Gasteiger partial charge is 0.416 e. The molecule has 0 saturated heterocycles. The first-order valence-corrected chi connectivity index (χ1v) is 2.73. The number of aliphatic hydroxyl groups is 1. The van der Waals surface area contributed by atoms with E-state index >= 15 is 0 Å². The molecular formula is C3H4BrF3O2. The molecule has 56 valence electrons. The summed E-state index contributed by atoms with van der Waals surface area (Å²) < 4.78 is 37.6. The van der Waals surface area contributed by atoms with Gasteiger partial charge in [-0.2, -0.15) is 8.78 Å². The highest BCUT2D eigenvalue weighted by Crippen LogP contribution is 2.24. The molecule has 9 heavy (non-hydrogen) atoms. The zero-order valence-corrected chi connectivity index (χ0v) is 5.74. The molecule has 0 aromatic carbocycles. The van der Waals surface area contributed by atoms with Crippen molar-refractivity contribution in [3.8, 4) is 0 Å². The summed E-state index contributed by atoms with van der Waals surface area (Å²) in [5.74, 6) is 0. The van der Waals surface area contributed by atoms with E-state index in [4.69, 9.17) is 5.11 Å². The monoisotopic (exact) mass is 208 g/mol. The number of rotatable bonds is 3. The number of halogens is 4. The Labute approximate surface area is 57.7 Å². The van der Waals surface area contributed by atoms with Crippen molar-refractivity contribution in [2.75, 3.05) is 6.67 Å². The van der Waals surface area contributed by atoms with Crippen LogP contribution in [0.4, 0.5) is 13.2 Å². The third-order valence-electron chi connectivity index (χ3n) is 0.402. The molecule has 0 aliphatic carbocycles. The van der Waals surface area contributed by atoms with Crippen LogP contribution in [0, 0.1) is 0 Å².